The van der Waals surface area contributed by atoms with Gasteiger partial charge in [-0.1, -0.05) is 13.0 Å². The van der Waals surface area contributed by atoms with Crippen LogP contribution in [0.15, 0.2) is 42.5 Å². The van der Waals surface area contributed by atoms with Gasteiger partial charge < -0.3 is 15.5 Å². The molecule has 2 rings (SSSR count). The van der Waals surface area contributed by atoms with Gasteiger partial charge in [-0.2, -0.15) is 5.26 Å². The number of aliphatic carboxylic acids is 1. The summed E-state index contributed by atoms with van der Waals surface area (Å²) in [5, 5.41) is 31.6. The van der Waals surface area contributed by atoms with Crippen LogP contribution < -0.4 is 5.32 Å². The van der Waals surface area contributed by atoms with Crippen molar-refractivity contribution in [3.63, 3.8) is 0 Å². The molecule has 0 heterocycles. The number of rotatable bonds is 5. The maximum Gasteiger partial charge on any atom is 0.333 e. The predicted molar refractivity (Wildman–Crippen MR) is 87.3 cm³/mol. The average molecular weight is 310 g/mol. The zero-order chi connectivity index (χ0) is 17.0. The lowest BCUT2D eigenvalue weighted by Gasteiger charge is -2.29. The average Bonchev–Trinajstić information content (AvgIpc) is 2.55. The van der Waals surface area contributed by atoms with Gasteiger partial charge in [-0.15, -0.1) is 0 Å². The quantitative estimate of drug-likeness (QED) is 0.788. The van der Waals surface area contributed by atoms with Gasteiger partial charge in [0.05, 0.1) is 11.6 Å². The number of nitriles is 1. The van der Waals surface area contributed by atoms with E-state index in [1.807, 2.05) is 13.0 Å². The molecule has 0 aliphatic carbocycles. The van der Waals surface area contributed by atoms with Crippen molar-refractivity contribution in [2.75, 3.05) is 5.32 Å². The molecular formula is C18H18N2O3. The fourth-order valence-corrected chi connectivity index (χ4v) is 2.36. The maximum atomic E-state index is 11.9. The highest BCUT2D eigenvalue weighted by molar-refractivity contribution is 5.85. The Morgan fingerprint density at radius 3 is 2.43 bits per heavy atom. The van der Waals surface area contributed by atoms with Crippen LogP contribution in [0, 0.1) is 11.3 Å². The monoisotopic (exact) mass is 310 g/mol. The molecule has 118 valence electrons. The summed E-state index contributed by atoms with van der Waals surface area (Å²) in [5.41, 5.74) is 0.780. The van der Waals surface area contributed by atoms with Gasteiger partial charge in [0, 0.05) is 11.3 Å². The zero-order valence-electron chi connectivity index (χ0n) is 13.0. The third kappa shape index (κ3) is 3.27. The van der Waals surface area contributed by atoms with E-state index in [-0.39, 0.29) is 5.75 Å². The number of aromatic hydroxyl groups is 1. The molecule has 0 saturated carbocycles. The molecule has 5 nitrogen and oxygen atoms in total. The van der Waals surface area contributed by atoms with Gasteiger partial charge in [-0.3, -0.25) is 0 Å². The fourth-order valence-electron chi connectivity index (χ4n) is 2.36. The van der Waals surface area contributed by atoms with E-state index >= 15 is 0 Å². The molecule has 0 amide bonds. The largest absolute Gasteiger partial charge is 0.508 e. The summed E-state index contributed by atoms with van der Waals surface area (Å²) in [4.78, 5) is 11.9. The number of phenols is 1. The lowest BCUT2D eigenvalue weighted by Crippen LogP contribution is -2.40. The number of nitrogens with one attached hydrogen (secondary N) is 1. The van der Waals surface area contributed by atoms with E-state index < -0.39 is 11.5 Å². The standard InChI is InChI=1S/C18H18N2O3/c1-3-12-6-9-16(21)15(10-12)18(2,17(22)23)20-14-7-4-13(11-19)5-8-14/h4-10,20-21H,3H2,1-2H3,(H,22,23). The number of carboxylic acids is 1. The Morgan fingerprint density at radius 2 is 1.91 bits per heavy atom. The molecule has 0 aliphatic rings. The van der Waals surface area contributed by atoms with Crippen LogP contribution in [0.25, 0.3) is 0 Å². The van der Waals surface area contributed by atoms with Crippen LogP contribution in [0.1, 0.15) is 30.5 Å². The summed E-state index contributed by atoms with van der Waals surface area (Å²) < 4.78 is 0. The normalized spacial score (nSPS) is 12.9. The molecule has 1 unspecified atom stereocenters. The van der Waals surface area contributed by atoms with E-state index in [0.717, 1.165) is 12.0 Å². The van der Waals surface area contributed by atoms with Crippen molar-refractivity contribution >= 4 is 11.7 Å². The second-order valence-corrected chi connectivity index (χ2v) is 5.45. The Bertz CT molecular complexity index is 763. The summed E-state index contributed by atoms with van der Waals surface area (Å²) in [7, 11) is 0. The first-order chi connectivity index (χ1) is 10.9. The number of hydrogen-bond donors (Lipinski definition) is 3. The van der Waals surface area contributed by atoms with Crippen molar-refractivity contribution in [2.45, 2.75) is 25.8 Å². The topological polar surface area (TPSA) is 93.4 Å². The van der Waals surface area contributed by atoms with Crippen LogP contribution in [0.2, 0.25) is 0 Å². The molecule has 0 spiro atoms. The van der Waals surface area contributed by atoms with Crippen LogP contribution >= 0.6 is 0 Å². The van der Waals surface area contributed by atoms with Gasteiger partial charge in [0.2, 0.25) is 0 Å². The second kappa shape index (κ2) is 6.41. The van der Waals surface area contributed by atoms with Crippen LogP contribution in [0.4, 0.5) is 5.69 Å². The van der Waals surface area contributed by atoms with Crippen LogP contribution in [0.3, 0.4) is 0 Å². The van der Waals surface area contributed by atoms with Gasteiger partial charge in [0.25, 0.3) is 0 Å². The predicted octanol–water partition coefficient (Wildman–Crippen LogP) is 3.24. The zero-order valence-corrected chi connectivity index (χ0v) is 13.0. The number of aryl methyl sites for hydroxylation is 1. The molecule has 0 fully saturated rings. The Morgan fingerprint density at radius 1 is 1.26 bits per heavy atom. The smallest absolute Gasteiger partial charge is 0.333 e. The minimum Gasteiger partial charge on any atom is -0.508 e. The molecule has 1 atom stereocenters. The molecule has 0 aromatic heterocycles. The van der Waals surface area contributed by atoms with E-state index in [1.54, 1.807) is 36.4 Å². The Kier molecular flexibility index (Phi) is 4.56. The summed E-state index contributed by atoms with van der Waals surface area (Å²) in [6.45, 7) is 3.46. The van der Waals surface area contributed by atoms with Gasteiger partial charge in [-0.25, -0.2) is 4.79 Å². The first-order valence-corrected chi connectivity index (χ1v) is 7.25. The van der Waals surface area contributed by atoms with Crippen molar-refractivity contribution < 1.29 is 15.0 Å². The Hall–Kier alpha value is -3.00. The van der Waals surface area contributed by atoms with Crippen molar-refractivity contribution in [1.29, 1.82) is 5.26 Å². The summed E-state index contributed by atoms with van der Waals surface area (Å²) in [5.74, 6) is -1.18. The molecular weight excluding hydrogens is 292 g/mol. The van der Waals surface area contributed by atoms with Crippen molar-refractivity contribution in [2.24, 2.45) is 0 Å². The first kappa shape index (κ1) is 16.4. The maximum absolute atomic E-state index is 11.9. The number of anilines is 1. The van der Waals surface area contributed by atoms with E-state index in [4.69, 9.17) is 5.26 Å². The van der Waals surface area contributed by atoms with Crippen molar-refractivity contribution in [1.82, 2.24) is 0 Å². The Balaban J connectivity index is 2.47. The van der Waals surface area contributed by atoms with Gasteiger partial charge in [0.1, 0.15) is 5.75 Å². The Labute approximate surface area is 134 Å². The fraction of sp³-hybridized carbons (Fsp3) is 0.222. The van der Waals surface area contributed by atoms with Gasteiger partial charge in [-0.05, 0) is 55.3 Å². The highest BCUT2D eigenvalue weighted by atomic mass is 16.4. The molecule has 0 saturated heterocycles. The van der Waals surface area contributed by atoms with E-state index in [9.17, 15) is 15.0 Å². The minimum atomic E-state index is -1.50. The first-order valence-electron chi connectivity index (χ1n) is 7.25. The summed E-state index contributed by atoms with van der Waals surface area (Å²) in [6.07, 6.45) is 0.736. The number of phenolic OH excluding ortho intramolecular Hbond substituents is 1. The molecule has 23 heavy (non-hydrogen) atoms. The minimum absolute atomic E-state index is 0.0757. The highest BCUT2D eigenvalue weighted by Crippen LogP contribution is 2.34. The lowest BCUT2D eigenvalue weighted by molar-refractivity contribution is -0.142. The molecule has 2 aromatic rings. The molecule has 0 bridgehead atoms. The van der Waals surface area contributed by atoms with Gasteiger partial charge in [0.15, 0.2) is 5.54 Å². The van der Waals surface area contributed by atoms with Crippen molar-refractivity contribution in [3.8, 4) is 11.8 Å². The number of carbonyl (C=O) groups is 1. The number of hydrogen-bond acceptors (Lipinski definition) is 4. The number of nitrogens with zero attached hydrogens (tertiary/aromatic N) is 1. The van der Waals surface area contributed by atoms with Crippen molar-refractivity contribution in [3.05, 3.63) is 59.2 Å². The molecule has 5 heteroatoms. The number of benzene rings is 2. The van der Waals surface area contributed by atoms with E-state index in [1.165, 1.54) is 13.0 Å². The highest BCUT2D eigenvalue weighted by Gasteiger charge is 2.37. The second-order valence-electron chi connectivity index (χ2n) is 5.45. The van der Waals surface area contributed by atoms with E-state index in [2.05, 4.69) is 5.32 Å². The number of carboxylic acid groups (broad SMARTS) is 1. The van der Waals surface area contributed by atoms with Crippen LogP contribution in [0.5, 0.6) is 5.75 Å². The van der Waals surface area contributed by atoms with Crippen LogP contribution in [-0.2, 0) is 16.8 Å². The molecule has 2 aromatic carbocycles. The lowest BCUT2D eigenvalue weighted by atomic mass is 9.89. The molecule has 0 aliphatic heterocycles. The third-order valence-electron chi connectivity index (χ3n) is 3.84. The SMILES string of the molecule is CCc1ccc(O)c(C(C)(Nc2ccc(C#N)cc2)C(=O)O)c1. The third-order valence-corrected chi connectivity index (χ3v) is 3.84. The summed E-state index contributed by atoms with van der Waals surface area (Å²) in [6, 6.07) is 13.5. The molecule has 0 radical (unpaired) electrons. The van der Waals surface area contributed by atoms with Gasteiger partial charge >= 0.3 is 5.97 Å². The summed E-state index contributed by atoms with van der Waals surface area (Å²) >= 11 is 0. The van der Waals surface area contributed by atoms with Crippen LogP contribution in [-0.4, -0.2) is 16.2 Å². The molecule has 3 N–H and O–H groups in total. The van der Waals surface area contributed by atoms with E-state index in [0.29, 0.717) is 16.8 Å².